The van der Waals surface area contributed by atoms with Gasteiger partial charge in [0.05, 0.1) is 6.61 Å². The van der Waals surface area contributed by atoms with E-state index in [1.54, 1.807) is 0 Å². The van der Waals surface area contributed by atoms with Gasteiger partial charge in [-0.05, 0) is 37.0 Å². The fraction of sp³-hybridized carbons (Fsp3) is 1.00. The van der Waals surface area contributed by atoms with Crippen molar-refractivity contribution in [1.82, 2.24) is 5.32 Å². The Labute approximate surface area is 85.8 Å². The highest BCUT2D eigenvalue weighted by Crippen LogP contribution is 2.47. The van der Waals surface area contributed by atoms with Crippen LogP contribution in [0.2, 0.25) is 0 Å². The van der Waals surface area contributed by atoms with Crippen molar-refractivity contribution in [1.29, 1.82) is 0 Å². The van der Waals surface area contributed by atoms with E-state index in [4.69, 9.17) is 9.84 Å². The van der Waals surface area contributed by atoms with Crippen molar-refractivity contribution in [3.63, 3.8) is 0 Å². The highest BCUT2D eigenvalue weighted by atomic mass is 16.5. The molecular weight excluding hydrogens is 178 g/mol. The van der Waals surface area contributed by atoms with Gasteiger partial charge in [-0.15, -0.1) is 0 Å². The highest BCUT2D eigenvalue weighted by molar-refractivity contribution is 4.94. The van der Waals surface area contributed by atoms with Gasteiger partial charge in [-0.3, -0.25) is 0 Å². The molecule has 0 aromatic heterocycles. The first-order chi connectivity index (χ1) is 6.85. The van der Waals surface area contributed by atoms with Crippen molar-refractivity contribution in [2.24, 2.45) is 11.3 Å². The minimum atomic E-state index is 0.341. The molecule has 2 fully saturated rings. The quantitative estimate of drug-likeness (QED) is 0.664. The molecule has 3 heteroatoms. The maximum absolute atomic E-state index is 8.90. The summed E-state index contributed by atoms with van der Waals surface area (Å²) in [5.41, 5.74) is 0.453. The molecule has 0 aromatic carbocycles. The molecule has 1 aliphatic carbocycles. The summed E-state index contributed by atoms with van der Waals surface area (Å²) in [4.78, 5) is 0. The largest absolute Gasteiger partial charge is 0.396 e. The number of hydrogen-bond acceptors (Lipinski definition) is 3. The van der Waals surface area contributed by atoms with Crippen molar-refractivity contribution in [3.8, 4) is 0 Å². The third-order valence-electron chi connectivity index (χ3n) is 3.56. The molecule has 0 radical (unpaired) electrons. The van der Waals surface area contributed by atoms with Gasteiger partial charge in [-0.25, -0.2) is 0 Å². The summed E-state index contributed by atoms with van der Waals surface area (Å²) in [6, 6.07) is 0. The van der Waals surface area contributed by atoms with Gasteiger partial charge in [-0.1, -0.05) is 0 Å². The molecule has 1 saturated carbocycles. The molecule has 2 rings (SSSR count). The van der Waals surface area contributed by atoms with E-state index in [1.165, 1.54) is 19.3 Å². The zero-order valence-electron chi connectivity index (χ0n) is 8.80. The van der Waals surface area contributed by atoms with E-state index >= 15 is 0 Å². The van der Waals surface area contributed by atoms with Crippen LogP contribution >= 0.6 is 0 Å². The van der Waals surface area contributed by atoms with Gasteiger partial charge in [0.15, 0.2) is 0 Å². The predicted octanol–water partition coefficient (Wildman–Crippen LogP) is 0.775. The smallest absolute Gasteiger partial charge is 0.0507 e. The molecule has 2 aliphatic rings. The zero-order chi connectivity index (χ0) is 9.86. The summed E-state index contributed by atoms with van der Waals surface area (Å²) in [7, 11) is 0. The predicted molar refractivity (Wildman–Crippen MR) is 55.2 cm³/mol. The molecule has 0 aromatic rings. The maximum Gasteiger partial charge on any atom is 0.0507 e. The summed E-state index contributed by atoms with van der Waals surface area (Å²) in [6.07, 6.45) is 4.77. The first-order valence-electron chi connectivity index (χ1n) is 5.74. The minimum absolute atomic E-state index is 0.341. The monoisotopic (exact) mass is 199 g/mol. The topological polar surface area (TPSA) is 41.5 Å². The summed E-state index contributed by atoms with van der Waals surface area (Å²) in [6.45, 7) is 4.39. The summed E-state index contributed by atoms with van der Waals surface area (Å²) < 4.78 is 5.32. The van der Waals surface area contributed by atoms with Gasteiger partial charge in [0, 0.05) is 26.3 Å². The molecule has 1 aliphatic heterocycles. The number of ether oxygens (including phenoxy) is 1. The van der Waals surface area contributed by atoms with Gasteiger partial charge in [-0.2, -0.15) is 0 Å². The number of nitrogens with one attached hydrogen (secondary N) is 1. The third kappa shape index (κ3) is 2.69. The SMILES string of the molecule is OCCC1(CNCC2CCOC2)CC1. The van der Waals surface area contributed by atoms with Crippen molar-refractivity contribution in [3.05, 3.63) is 0 Å². The number of hydrogen-bond donors (Lipinski definition) is 2. The van der Waals surface area contributed by atoms with Gasteiger partial charge in [0.25, 0.3) is 0 Å². The number of rotatable bonds is 6. The van der Waals surface area contributed by atoms with Crippen molar-refractivity contribution in [2.75, 3.05) is 32.9 Å². The van der Waals surface area contributed by atoms with Crippen LogP contribution in [0.4, 0.5) is 0 Å². The Balaban J connectivity index is 1.58. The number of aliphatic hydroxyl groups is 1. The van der Waals surface area contributed by atoms with Crippen LogP contribution in [0.15, 0.2) is 0 Å². The molecular formula is C11H21NO2. The lowest BCUT2D eigenvalue weighted by Gasteiger charge is -2.16. The van der Waals surface area contributed by atoms with E-state index in [2.05, 4.69) is 5.32 Å². The van der Waals surface area contributed by atoms with Crippen LogP contribution in [0.3, 0.4) is 0 Å². The third-order valence-corrected chi connectivity index (χ3v) is 3.56. The van der Waals surface area contributed by atoms with E-state index in [0.717, 1.165) is 38.6 Å². The molecule has 14 heavy (non-hydrogen) atoms. The second-order valence-electron chi connectivity index (χ2n) is 4.83. The molecule has 0 bridgehead atoms. The van der Waals surface area contributed by atoms with Crippen LogP contribution in [0, 0.1) is 11.3 Å². The van der Waals surface area contributed by atoms with E-state index in [0.29, 0.717) is 12.0 Å². The molecule has 1 saturated heterocycles. The Morgan fingerprint density at radius 1 is 1.43 bits per heavy atom. The molecule has 1 unspecified atom stereocenters. The molecule has 2 N–H and O–H groups in total. The lowest BCUT2D eigenvalue weighted by atomic mass is 10.0. The van der Waals surface area contributed by atoms with Crippen molar-refractivity contribution < 1.29 is 9.84 Å². The van der Waals surface area contributed by atoms with Gasteiger partial charge in [0.2, 0.25) is 0 Å². The first kappa shape index (κ1) is 10.4. The highest BCUT2D eigenvalue weighted by Gasteiger charge is 2.41. The molecule has 1 heterocycles. The van der Waals surface area contributed by atoms with Gasteiger partial charge in [0.1, 0.15) is 0 Å². The maximum atomic E-state index is 8.90. The second kappa shape index (κ2) is 4.60. The van der Waals surface area contributed by atoms with Crippen molar-refractivity contribution >= 4 is 0 Å². The Morgan fingerprint density at radius 2 is 2.29 bits per heavy atom. The lowest BCUT2D eigenvalue weighted by molar-refractivity contribution is 0.184. The first-order valence-corrected chi connectivity index (χ1v) is 5.74. The summed E-state index contributed by atoms with van der Waals surface area (Å²) in [5, 5.41) is 12.4. The van der Waals surface area contributed by atoms with E-state index < -0.39 is 0 Å². The molecule has 82 valence electrons. The average molecular weight is 199 g/mol. The fourth-order valence-corrected chi connectivity index (χ4v) is 2.21. The molecule has 0 amide bonds. The standard InChI is InChI=1S/C11H21NO2/c13-5-4-11(2-3-11)9-12-7-10-1-6-14-8-10/h10,12-13H,1-9H2. The Hall–Kier alpha value is -0.120. The Bertz CT molecular complexity index is 174. The Morgan fingerprint density at radius 3 is 2.86 bits per heavy atom. The van der Waals surface area contributed by atoms with Gasteiger partial charge < -0.3 is 15.2 Å². The Kier molecular flexibility index (Phi) is 3.42. The lowest BCUT2D eigenvalue weighted by Crippen LogP contribution is -2.29. The van der Waals surface area contributed by atoms with E-state index in [-0.39, 0.29) is 0 Å². The fourth-order valence-electron chi connectivity index (χ4n) is 2.21. The second-order valence-corrected chi connectivity index (χ2v) is 4.83. The van der Waals surface area contributed by atoms with Gasteiger partial charge >= 0.3 is 0 Å². The normalized spacial score (nSPS) is 29.4. The van der Waals surface area contributed by atoms with Crippen LogP contribution in [-0.4, -0.2) is 38.0 Å². The average Bonchev–Trinajstić information content (AvgIpc) is 2.75. The van der Waals surface area contributed by atoms with Crippen LogP contribution in [0.5, 0.6) is 0 Å². The van der Waals surface area contributed by atoms with E-state index in [1.807, 2.05) is 0 Å². The molecule has 3 nitrogen and oxygen atoms in total. The van der Waals surface area contributed by atoms with Crippen molar-refractivity contribution in [2.45, 2.75) is 25.7 Å². The number of aliphatic hydroxyl groups excluding tert-OH is 1. The van der Waals surface area contributed by atoms with Crippen LogP contribution < -0.4 is 5.32 Å². The summed E-state index contributed by atoms with van der Waals surface area (Å²) >= 11 is 0. The van der Waals surface area contributed by atoms with E-state index in [9.17, 15) is 0 Å². The minimum Gasteiger partial charge on any atom is -0.396 e. The summed E-state index contributed by atoms with van der Waals surface area (Å²) in [5.74, 6) is 0.722. The van der Waals surface area contributed by atoms with Crippen LogP contribution in [-0.2, 0) is 4.74 Å². The van der Waals surface area contributed by atoms with Crippen LogP contribution in [0.25, 0.3) is 0 Å². The zero-order valence-corrected chi connectivity index (χ0v) is 8.80. The van der Waals surface area contributed by atoms with Crippen LogP contribution in [0.1, 0.15) is 25.7 Å². The molecule has 0 spiro atoms. The molecule has 1 atom stereocenters.